The zero-order valence-corrected chi connectivity index (χ0v) is 8.85. The molecule has 1 aromatic rings. The molecule has 0 aliphatic rings. The molecule has 1 N–H and O–H groups in total. The second kappa shape index (κ2) is 4.73. The molecule has 1 atom stereocenters. The van der Waals surface area contributed by atoms with Gasteiger partial charge in [0, 0.05) is 10.9 Å². The van der Waals surface area contributed by atoms with E-state index in [2.05, 4.69) is 15.9 Å². The van der Waals surface area contributed by atoms with Crippen LogP contribution in [0.5, 0.6) is 5.75 Å². The third-order valence-corrected chi connectivity index (χ3v) is 2.55. The molecule has 0 aliphatic heterocycles. The second-order valence-corrected chi connectivity index (χ2v) is 3.82. The second-order valence-electron chi connectivity index (χ2n) is 2.50. The number of phenolic OH excluding ortho intramolecular Hbond substituents is 1. The number of para-hydroxylation sites is 1. The van der Waals surface area contributed by atoms with E-state index in [1.807, 2.05) is 12.1 Å². The summed E-state index contributed by atoms with van der Waals surface area (Å²) >= 11 is 9.33. The highest BCUT2D eigenvalue weighted by Crippen LogP contribution is 2.31. The summed E-state index contributed by atoms with van der Waals surface area (Å²) in [7, 11) is 0. The molecule has 0 radical (unpaired) electrons. The van der Waals surface area contributed by atoms with Crippen molar-refractivity contribution >= 4 is 27.5 Å². The normalized spacial score (nSPS) is 12.8. The molecule has 0 saturated heterocycles. The van der Waals surface area contributed by atoms with Crippen LogP contribution in [0.25, 0.3) is 0 Å². The van der Waals surface area contributed by atoms with Crippen LogP contribution in [0.3, 0.4) is 0 Å². The summed E-state index contributed by atoms with van der Waals surface area (Å²) in [4.78, 5) is 0. The smallest absolute Gasteiger partial charge is 0.120 e. The van der Waals surface area contributed by atoms with Crippen LogP contribution in [0.4, 0.5) is 0 Å². The van der Waals surface area contributed by atoms with Gasteiger partial charge in [-0.15, -0.1) is 11.6 Å². The zero-order valence-electron chi connectivity index (χ0n) is 6.50. The summed E-state index contributed by atoms with van der Waals surface area (Å²) in [6, 6.07) is 7.16. The maximum Gasteiger partial charge on any atom is 0.120 e. The van der Waals surface area contributed by atoms with Crippen LogP contribution >= 0.6 is 27.5 Å². The number of phenols is 1. The Morgan fingerprint density at radius 3 is 2.67 bits per heavy atom. The van der Waals surface area contributed by atoms with E-state index in [0.717, 1.165) is 17.3 Å². The summed E-state index contributed by atoms with van der Waals surface area (Å²) < 4.78 is 0. The molecule has 0 spiro atoms. The van der Waals surface area contributed by atoms with Gasteiger partial charge in [-0.05, 0) is 12.5 Å². The van der Waals surface area contributed by atoms with Crippen LogP contribution in [0.2, 0.25) is 0 Å². The first-order valence-corrected chi connectivity index (χ1v) is 5.29. The van der Waals surface area contributed by atoms with Crippen molar-refractivity contribution in [3.8, 4) is 5.75 Å². The highest BCUT2D eigenvalue weighted by atomic mass is 79.9. The van der Waals surface area contributed by atoms with Crippen molar-refractivity contribution in [2.24, 2.45) is 0 Å². The molecule has 1 nitrogen and oxygen atoms in total. The lowest BCUT2D eigenvalue weighted by molar-refractivity contribution is 0.467. The average Bonchev–Trinajstić information content (AvgIpc) is 2.05. The molecular weight excluding hydrogens is 239 g/mol. The lowest BCUT2D eigenvalue weighted by atomic mass is 10.1. The van der Waals surface area contributed by atoms with Crippen molar-refractivity contribution in [1.82, 2.24) is 0 Å². The summed E-state index contributed by atoms with van der Waals surface area (Å²) in [5.41, 5.74) is 0.804. The maximum absolute atomic E-state index is 9.41. The van der Waals surface area contributed by atoms with E-state index < -0.39 is 0 Å². The van der Waals surface area contributed by atoms with Gasteiger partial charge in [-0.1, -0.05) is 34.1 Å². The molecular formula is C9H10BrClO. The third kappa shape index (κ3) is 2.39. The summed E-state index contributed by atoms with van der Waals surface area (Å²) in [6.07, 6.45) is 0.819. The van der Waals surface area contributed by atoms with E-state index in [-0.39, 0.29) is 11.1 Å². The monoisotopic (exact) mass is 248 g/mol. The van der Waals surface area contributed by atoms with E-state index in [4.69, 9.17) is 11.6 Å². The number of hydrogen-bond donors (Lipinski definition) is 1. The van der Waals surface area contributed by atoms with Crippen LogP contribution in [-0.2, 0) is 0 Å². The van der Waals surface area contributed by atoms with Crippen LogP contribution < -0.4 is 0 Å². The molecule has 0 aromatic heterocycles. The van der Waals surface area contributed by atoms with Gasteiger partial charge in [-0.3, -0.25) is 0 Å². The molecule has 0 saturated carbocycles. The summed E-state index contributed by atoms with van der Waals surface area (Å²) in [6.45, 7) is 0. The summed E-state index contributed by atoms with van der Waals surface area (Å²) in [5, 5.41) is 10.1. The Morgan fingerprint density at radius 2 is 2.08 bits per heavy atom. The van der Waals surface area contributed by atoms with Gasteiger partial charge in [-0.2, -0.15) is 0 Å². The molecule has 66 valence electrons. The zero-order chi connectivity index (χ0) is 8.97. The fraction of sp³-hybridized carbons (Fsp3) is 0.333. The van der Waals surface area contributed by atoms with Gasteiger partial charge < -0.3 is 5.11 Å². The van der Waals surface area contributed by atoms with Gasteiger partial charge in [0.05, 0.1) is 5.38 Å². The van der Waals surface area contributed by atoms with Crippen molar-refractivity contribution < 1.29 is 5.11 Å². The first kappa shape index (κ1) is 9.87. The standard InChI is InChI=1S/C9H10BrClO/c10-6-5-8(11)7-3-1-2-4-9(7)12/h1-4,8,12H,5-6H2. The van der Waals surface area contributed by atoms with Crippen LogP contribution in [0.1, 0.15) is 17.4 Å². The minimum atomic E-state index is -0.106. The Bertz CT molecular complexity index is 252. The molecule has 0 amide bonds. The quantitative estimate of drug-likeness (QED) is 0.814. The van der Waals surface area contributed by atoms with Gasteiger partial charge >= 0.3 is 0 Å². The van der Waals surface area contributed by atoms with Crippen molar-refractivity contribution in [3.63, 3.8) is 0 Å². The summed E-state index contributed by atoms with van der Waals surface area (Å²) in [5.74, 6) is 0.276. The first-order chi connectivity index (χ1) is 5.75. The van der Waals surface area contributed by atoms with E-state index in [1.54, 1.807) is 12.1 Å². The van der Waals surface area contributed by atoms with Gasteiger partial charge in [0.1, 0.15) is 5.75 Å². The average molecular weight is 250 g/mol. The van der Waals surface area contributed by atoms with Gasteiger partial charge in [0.15, 0.2) is 0 Å². The van der Waals surface area contributed by atoms with Crippen molar-refractivity contribution in [2.45, 2.75) is 11.8 Å². The number of hydrogen-bond acceptors (Lipinski definition) is 1. The lowest BCUT2D eigenvalue weighted by Gasteiger charge is -2.08. The Morgan fingerprint density at radius 1 is 1.42 bits per heavy atom. The molecule has 1 aromatic carbocycles. The predicted octanol–water partition coefficient (Wildman–Crippen LogP) is 3.46. The number of benzene rings is 1. The Balaban J connectivity index is 2.79. The minimum Gasteiger partial charge on any atom is -0.508 e. The molecule has 12 heavy (non-hydrogen) atoms. The molecule has 0 aliphatic carbocycles. The van der Waals surface area contributed by atoms with Gasteiger partial charge in [-0.25, -0.2) is 0 Å². The molecule has 0 bridgehead atoms. The van der Waals surface area contributed by atoms with E-state index in [9.17, 15) is 5.11 Å². The Labute approximate surface area is 85.5 Å². The number of aromatic hydroxyl groups is 1. The number of halogens is 2. The van der Waals surface area contributed by atoms with Crippen molar-refractivity contribution in [2.75, 3.05) is 5.33 Å². The molecule has 1 rings (SSSR count). The lowest BCUT2D eigenvalue weighted by Crippen LogP contribution is -1.91. The van der Waals surface area contributed by atoms with Crippen LogP contribution in [-0.4, -0.2) is 10.4 Å². The number of rotatable bonds is 3. The van der Waals surface area contributed by atoms with Crippen LogP contribution in [0.15, 0.2) is 24.3 Å². The fourth-order valence-corrected chi connectivity index (χ4v) is 2.02. The predicted molar refractivity (Wildman–Crippen MR) is 55.1 cm³/mol. The van der Waals surface area contributed by atoms with Crippen molar-refractivity contribution in [3.05, 3.63) is 29.8 Å². The van der Waals surface area contributed by atoms with Crippen molar-refractivity contribution in [1.29, 1.82) is 0 Å². The minimum absolute atomic E-state index is 0.106. The third-order valence-electron chi connectivity index (χ3n) is 1.64. The topological polar surface area (TPSA) is 20.2 Å². The Hall–Kier alpha value is -0.210. The van der Waals surface area contributed by atoms with E-state index in [0.29, 0.717) is 0 Å². The number of alkyl halides is 2. The largest absolute Gasteiger partial charge is 0.508 e. The van der Waals surface area contributed by atoms with Gasteiger partial charge in [0.2, 0.25) is 0 Å². The van der Waals surface area contributed by atoms with Gasteiger partial charge in [0.25, 0.3) is 0 Å². The molecule has 1 unspecified atom stereocenters. The highest BCUT2D eigenvalue weighted by Gasteiger charge is 2.10. The molecule has 0 fully saturated rings. The van der Waals surface area contributed by atoms with E-state index >= 15 is 0 Å². The maximum atomic E-state index is 9.41. The molecule has 0 heterocycles. The van der Waals surface area contributed by atoms with Crippen LogP contribution in [0, 0.1) is 0 Å². The highest BCUT2D eigenvalue weighted by molar-refractivity contribution is 9.09. The Kier molecular flexibility index (Phi) is 3.89. The molecule has 3 heteroatoms. The SMILES string of the molecule is Oc1ccccc1C(Cl)CCBr. The fourth-order valence-electron chi connectivity index (χ4n) is 1.00. The van der Waals surface area contributed by atoms with E-state index in [1.165, 1.54) is 0 Å². The first-order valence-electron chi connectivity index (χ1n) is 3.73.